The topological polar surface area (TPSA) is 12.5 Å². The molecule has 1 aliphatic carbocycles. The molecule has 0 spiro atoms. The van der Waals surface area contributed by atoms with Gasteiger partial charge in [0.15, 0.2) is 0 Å². The van der Waals surface area contributed by atoms with Crippen molar-refractivity contribution in [3.8, 4) is 0 Å². The fraction of sp³-hybridized carbons (Fsp3) is 0.571. The van der Waals surface area contributed by atoms with Crippen LogP contribution in [0, 0.1) is 0 Å². The van der Waals surface area contributed by atoms with Gasteiger partial charge in [0, 0.05) is 22.0 Å². The number of benzene rings is 1. The van der Waals surface area contributed by atoms with E-state index in [0.29, 0.717) is 12.1 Å². The zero-order valence-electron chi connectivity index (χ0n) is 10.2. The first-order valence-corrected chi connectivity index (χ1v) is 8.43. The maximum atomic E-state index is 5.89. The first-order chi connectivity index (χ1) is 8.79. The number of hydrogen-bond donors (Lipinski definition) is 0. The van der Waals surface area contributed by atoms with Crippen molar-refractivity contribution in [2.24, 2.45) is 0 Å². The lowest BCUT2D eigenvalue weighted by Crippen LogP contribution is -2.49. The number of nitrogens with zero attached hydrogens (tertiary/aromatic N) is 1. The van der Waals surface area contributed by atoms with Gasteiger partial charge in [-0.3, -0.25) is 0 Å². The number of morpholine rings is 1. The highest BCUT2D eigenvalue weighted by molar-refractivity contribution is 9.10. The van der Waals surface area contributed by atoms with E-state index in [9.17, 15) is 0 Å². The van der Waals surface area contributed by atoms with E-state index in [2.05, 4.69) is 55.0 Å². The normalized spacial score (nSPS) is 27.3. The summed E-state index contributed by atoms with van der Waals surface area (Å²) in [4.78, 5) is 2.56. The van der Waals surface area contributed by atoms with E-state index in [1.165, 1.54) is 30.5 Å². The van der Waals surface area contributed by atoms with E-state index in [4.69, 9.17) is 4.74 Å². The Labute approximate surface area is 125 Å². The summed E-state index contributed by atoms with van der Waals surface area (Å²) in [6.07, 6.45) is 4.24. The van der Waals surface area contributed by atoms with Crippen LogP contribution in [0.4, 0.5) is 5.69 Å². The summed E-state index contributed by atoms with van der Waals surface area (Å²) < 4.78 is 7.04. The van der Waals surface area contributed by atoms with E-state index < -0.39 is 0 Å². The Morgan fingerprint density at radius 3 is 3.06 bits per heavy atom. The molecule has 98 valence electrons. The average Bonchev–Trinajstić information content (AvgIpc) is 2.86. The molecular weight excluding hydrogens is 358 g/mol. The van der Waals surface area contributed by atoms with Crippen LogP contribution in [0.3, 0.4) is 0 Å². The highest BCUT2D eigenvalue weighted by Crippen LogP contribution is 2.36. The third-order valence-electron chi connectivity index (χ3n) is 3.98. The van der Waals surface area contributed by atoms with Crippen LogP contribution in [-0.2, 0) is 10.1 Å². The molecule has 1 heterocycles. The van der Waals surface area contributed by atoms with E-state index in [0.717, 1.165) is 23.0 Å². The predicted molar refractivity (Wildman–Crippen MR) is 81.5 cm³/mol. The predicted octanol–water partition coefficient (Wildman–Crippen LogP) is 4.10. The lowest BCUT2D eigenvalue weighted by Gasteiger charge is -2.40. The fourth-order valence-corrected chi connectivity index (χ4v) is 4.02. The molecule has 18 heavy (non-hydrogen) atoms. The highest BCUT2D eigenvalue weighted by atomic mass is 79.9. The minimum atomic E-state index is 0.450. The van der Waals surface area contributed by atoms with Gasteiger partial charge in [0.25, 0.3) is 0 Å². The summed E-state index contributed by atoms with van der Waals surface area (Å²) in [7, 11) is 0. The SMILES string of the molecule is BrCc1cc(Br)ccc1N1CCOC2CCCC21. The molecule has 1 saturated carbocycles. The van der Waals surface area contributed by atoms with Gasteiger partial charge in [0.2, 0.25) is 0 Å². The first-order valence-electron chi connectivity index (χ1n) is 6.52. The molecule has 0 amide bonds. The minimum absolute atomic E-state index is 0.450. The van der Waals surface area contributed by atoms with E-state index in [1.807, 2.05) is 0 Å². The van der Waals surface area contributed by atoms with Crippen LogP contribution in [0.1, 0.15) is 24.8 Å². The summed E-state index contributed by atoms with van der Waals surface area (Å²) in [6, 6.07) is 7.17. The van der Waals surface area contributed by atoms with Crippen molar-refractivity contribution in [2.75, 3.05) is 18.1 Å². The van der Waals surface area contributed by atoms with E-state index >= 15 is 0 Å². The lowest BCUT2D eigenvalue weighted by molar-refractivity contribution is 0.0256. The molecule has 0 radical (unpaired) electrons. The van der Waals surface area contributed by atoms with Crippen molar-refractivity contribution >= 4 is 37.5 Å². The van der Waals surface area contributed by atoms with Crippen LogP contribution in [0.15, 0.2) is 22.7 Å². The Morgan fingerprint density at radius 2 is 2.22 bits per heavy atom. The Bertz CT molecular complexity index is 438. The Balaban J connectivity index is 1.93. The molecule has 0 bridgehead atoms. The van der Waals surface area contributed by atoms with Gasteiger partial charge in [0.1, 0.15) is 0 Å². The second-order valence-corrected chi connectivity index (χ2v) is 6.48. The van der Waals surface area contributed by atoms with Crippen molar-refractivity contribution in [2.45, 2.75) is 36.7 Å². The second kappa shape index (κ2) is 5.51. The largest absolute Gasteiger partial charge is 0.374 e. The van der Waals surface area contributed by atoms with Gasteiger partial charge in [-0.25, -0.2) is 0 Å². The molecule has 3 rings (SSSR count). The number of hydrogen-bond acceptors (Lipinski definition) is 2. The van der Waals surface area contributed by atoms with Gasteiger partial charge in [0.05, 0.1) is 18.8 Å². The van der Waals surface area contributed by atoms with Crippen molar-refractivity contribution in [3.05, 3.63) is 28.2 Å². The summed E-state index contributed by atoms with van der Waals surface area (Å²) >= 11 is 7.16. The van der Waals surface area contributed by atoms with E-state index in [-0.39, 0.29) is 0 Å². The van der Waals surface area contributed by atoms with E-state index in [1.54, 1.807) is 0 Å². The number of halogens is 2. The van der Waals surface area contributed by atoms with Crippen LogP contribution in [0.2, 0.25) is 0 Å². The van der Waals surface area contributed by atoms with Gasteiger partial charge in [-0.15, -0.1) is 0 Å². The molecule has 1 aromatic rings. The Morgan fingerprint density at radius 1 is 1.33 bits per heavy atom. The Kier molecular flexibility index (Phi) is 3.97. The molecule has 1 aromatic carbocycles. The summed E-state index contributed by atoms with van der Waals surface area (Å²) in [5.41, 5.74) is 2.73. The number of alkyl halides is 1. The maximum absolute atomic E-state index is 5.89. The molecule has 2 unspecified atom stereocenters. The summed E-state index contributed by atoms with van der Waals surface area (Å²) in [6.45, 7) is 1.88. The van der Waals surface area contributed by atoms with Gasteiger partial charge < -0.3 is 9.64 Å². The summed E-state index contributed by atoms with van der Waals surface area (Å²) in [5, 5.41) is 0.899. The molecule has 0 N–H and O–H groups in total. The number of ether oxygens (including phenoxy) is 1. The van der Waals surface area contributed by atoms with Crippen LogP contribution in [0.25, 0.3) is 0 Å². The molecule has 1 saturated heterocycles. The molecule has 1 aliphatic heterocycles. The molecule has 2 fully saturated rings. The zero-order valence-corrected chi connectivity index (χ0v) is 13.4. The Hall–Kier alpha value is -0.0600. The van der Waals surface area contributed by atoms with Crippen molar-refractivity contribution in [1.82, 2.24) is 0 Å². The fourth-order valence-electron chi connectivity index (χ4n) is 3.17. The monoisotopic (exact) mass is 373 g/mol. The van der Waals surface area contributed by atoms with Crippen LogP contribution >= 0.6 is 31.9 Å². The van der Waals surface area contributed by atoms with Crippen LogP contribution in [0.5, 0.6) is 0 Å². The lowest BCUT2D eigenvalue weighted by atomic mass is 10.1. The van der Waals surface area contributed by atoms with Crippen molar-refractivity contribution < 1.29 is 4.74 Å². The summed E-state index contributed by atoms with van der Waals surface area (Å²) in [5.74, 6) is 0. The molecule has 2 atom stereocenters. The third-order valence-corrected chi connectivity index (χ3v) is 5.07. The quantitative estimate of drug-likeness (QED) is 0.722. The van der Waals surface area contributed by atoms with Gasteiger partial charge >= 0.3 is 0 Å². The third kappa shape index (κ3) is 2.35. The first kappa shape index (κ1) is 12.9. The number of fused-ring (bicyclic) bond motifs is 1. The second-order valence-electron chi connectivity index (χ2n) is 5.01. The van der Waals surface area contributed by atoms with Gasteiger partial charge in [-0.1, -0.05) is 31.9 Å². The minimum Gasteiger partial charge on any atom is -0.374 e. The van der Waals surface area contributed by atoms with Gasteiger partial charge in [-0.2, -0.15) is 0 Å². The smallest absolute Gasteiger partial charge is 0.0779 e. The zero-order chi connectivity index (χ0) is 12.5. The van der Waals surface area contributed by atoms with Crippen molar-refractivity contribution in [3.63, 3.8) is 0 Å². The standard InChI is InChI=1S/C14H17Br2NO/c15-9-10-8-11(16)4-5-12(10)17-6-7-18-14-3-1-2-13(14)17/h4-5,8,13-14H,1-3,6-7,9H2. The number of anilines is 1. The molecule has 4 heteroatoms. The maximum Gasteiger partial charge on any atom is 0.0779 e. The van der Waals surface area contributed by atoms with Gasteiger partial charge in [-0.05, 0) is 43.0 Å². The molecule has 2 nitrogen and oxygen atoms in total. The highest BCUT2D eigenvalue weighted by Gasteiger charge is 2.36. The molecular formula is C14H17Br2NO. The molecule has 0 aromatic heterocycles. The molecule has 2 aliphatic rings. The number of rotatable bonds is 2. The average molecular weight is 375 g/mol. The van der Waals surface area contributed by atoms with Crippen molar-refractivity contribution in [1.29, 1.82) is 0 Å². The van der Waals surface area contributed by atoms with Crippen LogP contribution in [-0.4, -0.2) is 25.3 Å². The van der Waals surface area contributed by atoms with Crippen LogP contribution < -0.4 is 4.90 Å².